The van der Waals surface area contributed by atoms with Crippen LogP contribution < -0.4 is 0 Å². The van der Waals surface area contributed by atoms with E-state index in [0.29, 0.717) is 0 Å². The van der Waals surface area contributed by atoms with E-state index >= 15 is 0 Å². The summed E-state index contributed by atoms with van der Waals surface area (Å²) in [6.07, 6.45) is 10.3. The average molecular weight is 181 g/mol. The Morgan fingerprint density at radius 2 is 2.08 bits per heavy atom. The second kappa shape index (κ2) is 4.45. The first-order chi connectivity index (χ1) is 6.42. The predicted molar refractivity (Wildman–Crippen MR) is 56.8 cm³/mol. The molecule has 0 radical (unpaired) electrons. The highest BCUT2D eigenvalue weighted by Crippen LogP contribution is 2.34. The summed E-state index contributed by atoms with van der Waals surface area (Å²) in [4.78, 5) is 2.75. The monoisotopic (exact) mass is 181 g/mol. The fraction of sp³-hybridized carbons (Fsp3) is 1.00. The lowest BCUT2D eigenvalue weighted by Gasteiger charge is -2.32. The third kappa shape index (κ3) is 2.07. The van der Waals surface area contributed by atoms with Gasteiger partial charge in [0.1, 0.15) is 0 Å². The maximum Gasteiger partial charge on any atom is 0.0124 e. The van der Waals surface area contributed by atoms with Crippen molar-refractivity contribution < 1.29 is 0 Å². The molecule has 2 unspecified atom stereocenters. The van der Waals surface area contributed by atoms with Gasteiger partial charge in [-0.05, 0) is 44.7 Å². The Labute approximate surface area is 82.5 Å². The number of piperidine rings is 1. The first-order valence-electron chi connectivity index (χ1n) is 6.16. The Kier molecular flexibility index (Phi) is 3.26. The van der Waals surface area contributed by atoms with E-state index in [2.05, 4.69) is 11.8 Å². The van der Waals surface area contributed by atoms with Gasteiger partial charge < -0.3 is 4.90 Å². The van der Waals surface area contributed by atoms with Crippen LogP contribution >= 0.6 is 0 Å². The lowest BCUT2D eigenvalue weighted by molar-refractivity contribution is 0.167. The molecule has 0 amide bonds. The molecule has 2 atom stereocenters. The molecule has 0 aliphatic carbocycles. The number of rotatable bonds is 3. The molecule has 2 aliphatic rings. The summed E-state index contributed by atoms with van der Waals surface area (Å²) in [7, 11) is 0. The van der Waals surface area contributed by atoms with Crippen molar-refractivity contribution in [1.82, 2.24) is 4.90 Å². The van der Waals surface area contributed by atoms with E-state index < -0.39 is 0 Å². The molecule has 0 bridgehead atoms. The van der Waals surface area contributed by atoms with E-state index in [1.807, 2.05) is 0 Å². The van der Waals surface area contributed by atoms with Crippen molar-refractivity contribution in [3.63, 3.8) is 0 Å². The maximum absolute atomic E-state index is 2.75. The van der Waals surface area contributed by atoms with Crippen LogP contribution in [0.4, 0.5) is 0 Å². The molecular formula is C12H23N. The summed E-state index contributed by atoms with van der Waals surface area (Å²) in [5.74, 6) is 1.06. The summed E-state index contributed by atoms with van der Waals surface area (Å²) in [5, 5.41) is 0. The van der Waals surface area contributed by atoms with E-state index in [1.54, 1.807) is 0 Å². The zero-order chi connectivity index (χ0) is 9.10. The number of hydrogen-bond donors (Lipinski definition) is 0. The van der Waals surface area contributed by atoms with E-state index in [0.717, 1.165) is 12.0 Å². The van der Waals surface area contributed by atoms with Gasteiger partial charge in [-0.15, -0.1) is 0 Å². The third-order valence-corrected chi connectivity index (χ3v) is 3.92. The molecule has 13 heavy (non-hydrogen) atoms. The van der Waals surface area contributed by atoms with Gasteiger partial charge in [-0.1, -0.05) is 26.2 Å². The first kappa shape index (κ1) is 9.51. The predicted octanol–water partition coefficient (Wildman–Crippen LogP) is 3.05. The van der Waals surface area contributed by atoms with Crippen LogP contribution in [0, 0.1) is 5.92 Å². The third-order valence-electron chi connectivity index (χ3n) is 3.92. The van der Waals surface area contributed by atoms with E-state index in [4.69, 9.17) is 0 Å². The Balaban J connectivity index is 1.84. The van der Waals surface area contributed by atoms with Crippen LogP contribution in [0.5, 0.6) is 0 Å². The summed E-state index contributed by atoms with van der Waals surface area (Å²) < 4.78 is 0. The van der Waals surface area contributed by atoms with Crippen molar-refractivity contribution in [2.45, 2.75) is 57.9 Å². The SMILES string of the molecule is CCCCC1CCN2CCCCC12. The summed E-state index contributed by atoms with van der Waals surface area (Å²) >= 11 is 0. The quantitative estimate of drug-likeness (QED) is 0.647. The van der Waals surface area contributed by atoms with Crippen LogP contribution in [-0.4, -0.2) is 24.0 Å². The van der Waals surface area contributed by atoms with Crippen molar-refractivity contribution in [2.75, 3.05) is 13.1 Å². The highest BCUT2D eigenvalue weighted by atomic mass is 15.2. The van der Waals surface area contributed by atoms with Crippen molar-refractivity contribution in [3.8, 4) is 0 Å². The summed E-state index contributed by atoms with van der Waals surface area (Å²) in [6, 6.07) is 0.986. The zero-order valence-electron chi connectivity index (χ0n) is 8.97. The molecule has 76 valence electrons. The number of unbranched alkanes of at least 4 members (excludes halogenated alkanes) is 1. The van der Waals surface area contributed by atoms with E-state index in [9.17, 15) is 0 Å². The number of nitrogens with zero attached hydrogens (tertiary/aromatic N) is 1. The Morgan fingerprint density at radius 3 is 2.92 bits per heavy atom. The molecule has 0 aromatic heterocycles. The average Bonchev–Trinajstić information content (AvgIpc) is 2.58. The van der Waals surface area contributed by atoms with Gasteiger partial charge in [-0.3, -0.25) is 0 Å². The van der Waals surface area contributed by atoms with Gasteiger partial charge >= 0.3 is 0 Å². The van der Waals surface area contributed by atoms with Crippen LogP contribution in [0.1, 0.15) is 51.9 Å². The molecule has 0 aromatic carbocycles. The number of hydrogen-bond acceptors (Lipinski definition) is 1. The molecule has 0 N–H and O–H groups in total. The van der Waals surface area contributed by atoms with Gasteiger partial charge in [0.15, 0.2) is 0 Å². The number of fused-ring (bicyclic) bond motifs is 1. The van der Waals surface area contributed by atoms with Crippen LogP contribution in [0.25, 0.3) is 0 Å². The maximum atomic E-state index is 2.75. The van der Waals surface area contributed by atoms with Gasteiger partial charge in [-0.25, -0.2) is 0 Å². The molecule has 2 fully saturated rings. The molecule has 0 aromatic rings. The standard InChI is InChI=1S/C12H23N/c1-2-3-6-11-8-10-13-9-5-4-7-12(11)13/h11-12H,2-10H2,1H3. The second-order valence-electron chi connectivity index (χ2n) is 4.79. The molecule has 0 spiro atoms. The van der Waals surface area contributed by atoms with Crippen molar-refractivity contribution in [1.29, 1.82) is 0 Å². The van der Waals surface area contributed by atoms with E-state index in [1.165, 1.54) is 58.0 Å². The molecule has 0 saturated carbocycles. The van der Waals surface area contributed by atoms with Crippen molar-refractivity contribution in [3.05, 3.63) is 0 Å². The fourth-order valence-corrected chi connectivity index (χ4v) is 3.16. The highest BCUT2D eigenvalue weighted by Gasteiger charge is 2.34. The molecule has 1 heteroatoms. The van der Waals surface area contributed by atoms with Gasteiger partial charge in [0.25, 0.3) is 0 Å². The van der Waals surface area contributed by atoms with Gasteiger partial charge in [0.05, 0.1) is 0 Å². The van der Waals surface area contributed by atoms with Gasteiger partial charge in [-0.2, -0.15) is 0 Å². The fourth-order valence-electron chi connectivity index (χ4n) is 3.16. The zero-order valence-corrected chi connectivity index (χ0v) is 8.97. The summed E-state index contributed by atoms with van der Waals surface area (Å²) in [6.45, 7) is 5.11. The summed E-state index contributed by atoms with van der Waals surface area (Å²) in [5.41, 5.74) is 0. The second-order valence-corrected chi connectivity index (χ2v) is 4.79. The minimum Gasteiger partial charge on any atom is -0.300 e. The lowest BCUT2D eigenvalue weighted by Crippen LogP contribution is -2.36. The van der Waals surface area contributed by atoms with Gasteiger partial charge in [0, 0.05) is 6.04 Å². The molecule has 2 saturated heterocycles. The van der Waals surface area contributed by atoms with E-state index in [-0.39, 0.29) is 0 Å². The topological polar surface area (TPSA) is 3.24 Å². The molecule has 2 rings (SSSR count). The molecule has 2 heterocycles. The van der Waals surface area contributed by atoms with Crippen LogP contribution in [0.15, 0.2) is 0 Å². The lowest BCUT2D eigenvalue weighted by atomic mass is 9.89. The van der Waals surface area contributed by atoms with Gasteiger partial charge in [0.2, 0.25) is 0 Å². The Hall–Kier alpha value is -0.0400. The molecule has 1 nitrogen and oxygen atoms in total. The minimum absolute atomic E-state index is 0.986. The Bertz CT molecular complexity index is 155. The molecular weight excluding hydrogens is 158 g/mol. The first-order valence-corrected chi connectivity index (χ1v) is 6.16. The highest BCUT2D eigenvalue weighted by molar-refractivity contribution is 4.89. The minimum atomic E-state index is 0.986. The smallest absolute Gasteiger partial charge is 0.0124 e. The van der Waals surface area contributed by atoms with Crippen molar-refractivity contribution in [2.24, 2.45) is 5.92 Å². The Morgan fingerprint density at radius 1 is 1.15 bits per heavy atom. The van der Waals surface area contributed by atoms with Crippen LogP contribution in [0.2, 0.25) is 0 Å². The van der Waals surface area contributed by atoms with Crippen LogP contribution in [-0.2, 0) is 0 Å². The van der Waals surface area contributed by atoms with Crippen molar-refractivity contribution >= 4 is 0 Å². The van der Waals surface area contributed by atoms with Crippen LogP contribution in [0.3, 0.4) is 0 Å². The molecule has 2 aliphatic heterocycles. The largest absolute Gasteiger partial charge is 0.300 e. The normalized spacial score (nSPS) is 34.8.